The number of rotatable bonds is 4. The molecule has 3 rings (SSSR count). The molecule has 0 saturated carbocycles. The van der Waals surface area contributed by atoms with Crippen LogP contribution in [0.2, 0.25) is 0 Å². The van der Waals surface area contributed by atoms with E-state index in [2.05, 4.69) is 10.0 Å². The zero-order valence-electron chi connectivity index (χ0n) is 14.7. The lowest BCUT2D eigenvalue weighted by Gasteiger charge is -2.34. The largest absolute Gasteiger partial charge is 0.333 e. The summed E-state index contributed by atoms with van der Waals surface area (Å²) in [6.45, 7) is 4.06. The third-order valence-electron chi connectivity index (χ3n) is 4.27. The van der Waals surface area contributed by atoms with E-state index >= 15 is 0 Å². The van der Waals surface area contributed by atoms with Crippen molar-refractivity contribution in [3.63, 3.8) is 0 Å². The van der Waals surface area contributed by atoms with Crippen LogP contribution in [-0.4, -0.2) is 44.9 Å². The van der Waals surface area contributed by atoms with Crippen molar-refractivity contribution in [1.29, 1.82) is 0 Å². The number of anilines is 1. The average Bonchev–Trinajstić information content (AvgIpc) is 2.63. The molecule has 0 spiro atoms. The third kappa shape index (κ3) is 4.97. The van der Waals surface area contributed by atoms with Crippen LogP contribution in [-0.2, 0) is 10.0 Å². The Morgan fingerprint density at radius 2 is 1.78 bits per heavy atom. The van der Waals surface area contributed by atoms with E-state index in [1.165, 1.54) is 48.5 Å². The maximum atomic E-state index is 12.9. The Labute approximate surface area is 164 Å². The monoisotopic (exact) mass is 413 g/mol. The number of hydrogen-bond acceptors (Lipinski definition) is 4. The molecule has 1 aliphatic rings. The Kier molecular flexibility index (Phi) is 6.80. The summed E-state index contributed by atoms with van der Waals surface area (Å²) in [7, 11) is -3.81. The predicted molar refractivity (Wildman–Crippen MR) is 104 cm³/mol. The summed E-state index contributed by atoms with van der Waals surface area (Å²) < 4.78 is 40.1. The minimum atomic E-state index is -3.81. The van der Waals surface area contributed by atoms with Gasteiger partial charge in [0, 0.05) is 36.9 Å². The molecule has 2 aromatic rings. The van der Waals surface area contributed by atoms with E-state index in [1.54, 1.807) is 4.90 Å². The van der Waals surface area contributed by atoms with Crippen LogP contribution in [0.15, 0.2) is 53.4 Å². The molecule has 2 N–H and O–H groups in total. The van der Waals surface area contributed by atoms with E-state index < -0.39 is 15.8 Å². The predicted octanol–water partition coefficient (Wildman–Crippen LogP) is 2.48. The normalized spacial score (nSPS) is 17.1. The Hall–Kier alpha value is -2.16. The average molecular weight is 414 g/mol. The number of amides is 1. The summed E-state index contributed by atoms with van der Waals surface area (Å²) in [5, 5.41) is 3.22. The molecule has 146 valence electrons. The number of benzene rings is 2. The Morgan fingerprint density at radius 3 is 2.37 bits per heavy atom. The van der Waals surface area contributed by atoms with E-state index in [-0.39, 0.29) is 34.9 Å². The van der Waals surface area contributed by atoms with E-state index in [9.17, 15) is 17.6 Å². The van der Waals surface area contributed by atoms with Gasteiger partial charge in [-0.3, -0.25) is 9.52 Å². The first-order valence-corrected chi connectivity index (χ1v) is 9.75. The second-order valence-corrected chi connectivity index (χ2v) is 7.87. The summed E-state index contributed by atoms with van der Waals surface area (Å²) in [4.78, 5) is 14.4. The van der Waals surface area contributed by atoms with E-state index in [0.717, 1.165) is 13.1 Å². The molecule has 9 heteroatoms. The van der Waals surface area contributed by atoms with Gasteiger partial charge in [0.25, 0.3) is 15.9 Å². The van der Waals surface area contributed by atoms with Crippen LogP contribution in [0.1, 0.15) is 17.3 Å². The third-order valence-corrected chi connectivity index (χ3v) is 5.67. The van der Waals surface area contributed by atoms with Crippen molar-refractivity contribution in [3.05, 3.63) is 59.9 Å². The molecule has 0 radical (unpaired) electrons. The maximum Gasteiger partial charge on any atom is 0.261 e. The van der Waals surface area contributed by atoms with Crippen LogP contribution in [0.4, 0.5) is 10.1 Å². The Bertz CT molecular complexity index is 889. The first-order chi connectivity index (χ1) is 12.4. The number of hydrogen-bond donors (Lipinski definition) is 2. The molecule has 1 saturated heterocycles. The first-order valence-electron chi connectivity index (χ1n) is 8.27. The molecule has 1 aliphatic heterocycles. The molecule has 0 aliphatic carbocycles. The fraction of sp³-hybridized carbons (Fsp3) is 0.278. The molecule has 27 heavy (non-hydrogen) atoms. The molecule has 1 amide bonds. The summed E-state index contributed by atoms with van der Waals surface area (Å²) in [6, 6.07) is 10.9. The lowest BCUT2D eigenvalue weighted by Crippen LogP contribution is -2.52. The summed E-state index contributed by atoms with van der Waals surface area (Å²) in [5.74, 6) is -0.563. The van der Waals surface area contributed by atoms with E-state index in [4.69, 9.17) is 0 Å². The Balaban J connectivity index is 0.00000261. The lowest BCUT2D eigenvalue weighted by molar-refractivity contribution is 0.0655. The number of piperazine rings is 1. The SMILES string of the molecule is C[C@@H]1CNCCN1C(=O)c1ccc(S(=O)(=O)Nc2ccc(F)cc2)cc1.Cl. The van der Waals surface area contributed by atoms with Gasteiger partial charge in [-0.05, 0) is 55.5 Å². The van der Waals surface area contributed by atoms with Crippen molar-refractivity contribution in [3.8, 4) is 0 Å². The van der Waals surface area contributed by atoms with Crippen molar-refractivity contribution in [2.45, 2.75) is 17.9 Å². The van der Waals surface area contributed by atoms with Crippen molar-refractivity contribution in [1.82, 2.24) is 10.2 Å². The van der Waals surface area contributed by atoms with Gasteiger partial charge in [0.05, 0.1) is 4.90 Å². The molecule has 2 aromatic carbocycles. The minimum Gasteiger partial charge on any atom is -0.333 e. The number of nitrogens with zero attached hydrogens (tertiary/aromatic N) is 1. The number of nitrogens with one attached hydrogen (secondary N) is 2. The maximum absolute atomic E-state index is 12.9. The van der Waals surface area contributed by atoms with Gasteiger partial charge in [-0.15, -0.1) is 12.4 Å². The number of carbonyl (C=O) groups is 1. The molecule has 1 heterocycles. The second kappa shape index (κ2) is 8.69. The van der Waals surface area contributed by atoms with Crippen LogP contribution in [0, 0.1) is 5.82 Å². The molecular weight excluding hydrogens is 393 g/mol. The minimum absolute atomic E-state index is 0. The molecule has 0 bridgehead atoms. The van der Waals surface area contributed by atoms with Crippen molar-refractivity contribution < 1.29 is 17.6 Å². The van der Waals surface area contributed by atoms with Gasteiger partial charge in [-0.1, -0.05) is 0 Å². The molecule has 1 atom stereocenters. The zero-order chi connectivity index (χ0) is 18.7. The topological polar surface area (TPSA) is 78.5 Å². The van der Waals surface area contributed by atoms with Crippen LogP contribution >= 0.6 is 12.4 Å². The number of carbonyl (C=O) groups excluding carboxylic acids is 1. The van der Waals surface area contributed by atoms with Crippen molar-refractivity contribution in [2.24, 2.45) is 0 Å². The fourth-order valence-corrected chi connectivity index (χ4v) is 3.88. The Morgan fingerprint density at radius 1 is 1.15 bits per heavy atom. The van der Waals surface area contributed by atoms with Crippen molar-refractivity contribution in [2.75, 3.05) is 24.4 Å². The van der Waals surface area contributed by atoms with Crippen LogP contribution in [0.5, 0.6) is 0 Å². The second-order valence-electron chi connectivity index (χ2n) is 6.19. The fourth-order valence-electron chi connectivity index (χ4n) is 2.82. The van der Waals surface area contributed by atoms with Gasteiger partial charge >= 0.3 is 0 Å². The molecule has 1 fully saturated rings. The highest BCUT2D eigenvalue weighted by Gasteiger charge is 2.24. The summed E-state index contributed by atoms with van der Waals surface area (Å²) in [6.07, 6.45) is 0. The highest BCUT2D eigenvalue weighted by atomic mass is 35.5. The van der Waals surface area contributed by atoms with Gasteiger partial charge in [-0.25, -0.2) is 12.8 Å². The van der Waals surface area contributed by atoms with Gasteiger partial charge in [0.2, 0.25) is 0 Å². The standard InChI is InChI=1S/C18H20FN3O3S.ClH/c1-13-12-20-10-11-22(13)18(23)14-2-8-17(9-3-14)26(24,25)21-16-6-4-15(19)5-7-16;/h2-9,13,20-21H,10-12H2,1H3;1H/t13-;/m1./s1. The molecular formula is C18H21ClFN3O3S. The lowest BCUT2D eigenvalue weighted by atomic mass is 10.1. The van der Waals surface area contributed by atoms with Crippen LogP contribution < -0.4 is 10.0 Å². The van der Waals surface area contributed by atoms with Crippen LogP contribution in [0.3, 0.4) is 0 Å². The van der Waals surface area contributed by atoms with Crippen LogP contribution in [0.25, 0.3) is 0 Å². The summed E-state index contributed by atoms with van der Waals surface area (Å²) >= 11 is 0. The number of sulfonamides is 1. The van der Waals surface area contributed by atoms with E-state index in [0.29, 0.717) is 12.1 Å². The molecule has 6 nitrogen and oxygen atoms in total. The smallest absolute Gasteiger partial charge is 0.261 e. The van der Waals surface area contributed by atoms with Crippen molar-refractivity contribution >= 4 is 34.0 Å². The first kappa shape index (κ1) is 21.1. The number of halogens is 2. The van der Waals surface area contributed by atoms with Gasteiger partial charge in [0.1, 0.15) is 5.82 Å². The zero-order valence-corrected chi connectivity index (χ0v) is 16.3. The van der Waals surface area contributed by atoms with Gasteiger partial charge in [-0.2, -0.15) is 0 Å². The van der Waals surface area contributed by atoms with E-state index in [1.807, 2.05) is 6.92 Å². The highest BCUT2D eigenvalue weighted by Crippen LogP contribution is 2.18. The molecule has 0 unspecified atom stereocenters. The quantitative estimate of drug-likeness (QED) is 0.807. The van der Waals surface area contributed by atoms with Gasteiger partial charge < -0.3 is 10.2 Å². The van der Waals surface area contributed by atoms with Gasteiger partial charge in [0.15, 0.2) is 0 Å². The molecule has 0 aromatic heterocycles. The highest BCUT2D eigenvalue weighted by molar-refractivity contribution is 7.92. The summed E-state index contributed by atoms with van der Waals surface area (Å²) in [5.41, 5.74) is 0.709.